The van der Waals surface area contributed by atoms with Crippen LogP contribution in [0.5, 0.6) is 0 Å². The minimum absolute atomic E-state index is 0.0219. The molecule has 0 saturated heterocycles. The van der Waals surface area contributed by atoms with E-state index >= 15 is 0 Å². The average molecular weight is 278 g/mol. The molecule has 1 aromatic rings. The van der Waals surface area contributed by atoms with E-state index in [1.807, 2.05) is 30.3 Å². The number of hydrogen-bond donors (Lipinski definition) is 3. The summed E-state index contributed by atoms with van der Waals surface area (Å²) < 4.78 is 0. The van der Waals surface area contributed by atoms with Crippen LogP contribution in [0.2, 0.25) is 0 Å². The summed E-state index contributed by atoms with van der Waals surface area (Å²) in [6, 6.07) is 9.57. The van der Waals surface area contributed by atoms with E-state index in [9.17, 15) is 4.79 Å². The standard InChI is InChI=1S/C16H26N2O2/c1-3-4-6-11-15(14-9-7-5-8-10-14)18-16(20)17-13(2)12-19/h5,7-10,13,15,19H,3-4,6,11-12H2,1-2H3,(H2,17,18,20). The first-order valence-electron chi connectivity index (χ1n) is 7.40. The Labute approximate surface area is 121 Å². The van der Waals surface area contributed by atoms with Crippen molar-refractivity contribution in [2.75, 3.05) is 6.61 Å². The number of urea groups is 1. The largest absolute Gasteiger partial charge is 0.394 e. The molecule has 1 rings (SSSR count). The highest BCUT2D eigenvalue weighted by Gasteiger charge is 2.15. The molecule has 0 spiro atoms. The summed E-state index contributed by atoms with van der Waals surface area (Å²) >= 11 is 0. The quantitative estimate of drug-likeness (QED) is 0.640. The molecular formula is C16H26N2O2. The molecule has 0 radical (unpaired) electrons. The number of hydrogen-bond acceptors (Lipinski definition) is 2. The summed E-state index contributed by atoms with van der Waals surface area (Å²) in [6.07, 6.45) is 4.35. The number of rotatable bonds is 8. The Kier molecular flexibility index (Phi) is 7.73. The van der Waals surface area contributed by atoms with E-state index < -0.39 is 0 Å². The van der Waals surface area contributed by atoms with Crippen LogP contribution in [0.4, 0.5) is 4.79 Å². The lowest BCUT2D eigenvalue weighted by atomic mass is 10.0. The molecule has 112 valence electrons. The van der Waals surface area contributed by atoms with E-state index in [0.29, 0.717) is 0 Å². The Morgan fingerprint density at radius 3 is 2.50 bits per heavy atom. The van der Waals surface area contributed by atoms with Gasteiger partial charge in [0.05, 0.1) is 18.7 Å². The first-order chi connectivity index (χ1) is 9.67. The molecule has 1 aromatic carbocycles. The van der Waals surface area contributed by atoms with Crippen molar-refractivity contribution in [2.45, 2.75) is 51.6 Å². The lowest BCUT2D eigenvalue weighted by Crippen LogP contribution is -2.43. The van der Waals surface area contributed by atoms with Crippen LogP contribution < -0.4 is 10.6 Å². The number of benzene rings is 1. The van der Waals surface area contributed by atoms with Crippen molar-refractivity contribution < 1.29 is 9.90 Å². The number of aliphatic hydroxyl groups is 1. The van der Waals surface area contributed by atoms with Gasteiger partial charge >= 0.3 is 6.03 Å². The van der Waals surface area contributed by atoms with Gasteiger partial charge in [0, 0.05) is 0 Å². The minimum atomic E-state index is -0.234. The van der Waals surface area contributed by atoms with Gasteiger partial charge in [0.15, 0.2) is 0 Å². The van der Waals surface area contributed by atoms with E-state index in [2.05, 4.69) is 17.6 Å². The third-order valence-corrected chi connectivity index (χ3v) is 3.25. The van der Waals surface area contributed by atoms with E-state index in [1.165, 1.54) is 6.42 Å². The second-order valence-electron chi connectivity index (χ2n) is 5.16. The van der Waals surface area contributed by atoms with Crippen molar-refractivity contribution in [1.82, 2.24) is 10.6 Å². The minimum Gasteiger partial charge on any atom is -0.394 e. The van der Waals surface area contributed by atoms with Crippen LogP contribution in [-0.4, -0.2) is 23.8 Å². The Bertz CT molecular complexity index is 381. The number of aliphatic hydroxyl groups excluding tert-OH is 1. The summed E-state index contributed by atoms with van der Waals surface area (Å²) in [5, 5.41) is 14.7. The van der Waals surface area contributed by atoms with Gasteiger partial charge in [-0.25, -0.2) is 4.79 Å². The van der Waals surface area contributed by atoms with Gasteiger partial charge in [-0.1, -0.05) is 56.5 Å². The normalized spacial score (nSPS) is 13.6. The van der Waals surface area contributed by atoms with Gasteiger partial charge in [0.1, 0.15) is 0 Å². The first kappa shape index (κ1) is 16.5. The fourth-order valence-electron chi connectivity index (χ4n) is 2.08. The third-order valence-electron chi connectivity index (χ3n) is 3.25. The molecule has 0 aromatic heterocycles. The Hall–Kier alpha value is -1.55. The SMILES string of the molecule is CCCCCC(NC(=O)NC(C)CO)c1ccccc1. The molecule has 20 heavy (non-hydrogen) atoms. The van der Waals surface area contributed by atoms with Crippen LogP contribution in [0.25, 0.3) is 0 Å². The van der Waals surface area contributed by atoms with E-state index in [0.717, 1.165) is 24.8 Å². The molecule has 0 heterocycles. The van der Waals surface area contributed by atoms with Crippen molar-refractivity contribution in [2.24, 2.45) is 0 Å². The molecule has 4 nitrogen and oxygen atoms in total. The molecular weight excluding hydrogens is 252 g/mol. The van der Waals surface area contributed by atoms with Crippen LogP contribution in [-0.2, 0) is 0 Å². The fraction of sp³-hybridized carbons (Fsp3) is 0.562. The maximum atomic E-state index is 11.9. The molecule has 0 aliphatic carbocycles. The van der Waals surface area contributed by atoms with Gasteiger partial charge < -0.3 is 15.7 Å². The second kappa shape index (κ2) is 9.37. The summed E-state index contributed by atoms with van der Waals surface area (Å²) in [5.74, 6) is 0. The summed E-state index contributed by atoms with van der Waals surface area (Å²) in [5.41, 5.74) is 1.12. The van der Waals surface area contributed by atoms with Crippen molar-refractivity contribution in [3.05, 3.63) is 35.9 Å². The van der Waals surface area contributed by atoms with Gasteiger partial charge in [0.25, 0.3) is 0 Å². The first-order valence-corrected chi connectivity index (χ1v) is 7.40. The highest BCUT2D eigenvalue weighted by molar-refractivity contribution is 5.74. The number of nitrogens with one attached hydrogen (secondary N) is 2. The summed E-state index contributed by atoms with van der Waals surface area (Å²) in [7, 11) is 0. The van der Waals surface area contributed by atoms with Gasteiger partial charge in [-0.15, -0.1) is 0 Å². The molecule has 0 aliphatic rings. The molecule has 0 saturated carbocycles. The Balaban J connectivity index is 2.60. The molecule has 0 bridgehead atoms. The van der Waals surface area contributed by atoms with Crippen molar-refractivity contribution >= 4 is 6.03 Å². The third kappa shape index (κ3) is 6.06. The molecule has 0 aliphatic heterocycles. The van der Waals surface area contributed by atoms with Gasteiger partial charge in [-0.3, -0.25) is 0 Å². The van der Waals surface area contributed by atoms with Crippen LogP contribution in [0.3, 0.4) is 0 Å². The van der Waals surface area contributed by atoms with Crippen molar-refractivity contribution in [3.63, 3.8) is 0 Å². The molecule has 3 N–H and O–H groups in total. The van der Waals surface area contributed by atoms with E-state index in [4.69, 9.17) is 5.11 Å². The fourth-order valence-corrected chi connectivity index (χ4v) is 2.08. The van der Waals surface area contributed by atoms with Crippen molar-refractivity contribution in [1.29, 1.82) is 0 Å². The van der Waals surface area contributed by atoms with Crippen LogP contribution in [0.1, 0.15) is 51.1 Å². The topological polar surface area (TPSA) is 61.4 Å². The van der Waals surface area contributed by atoms with Gasteiger partial charge in [-0.2, -0.15) is 0 Å². The molecule has 2 atom stereocenters. The molecule has 2 amide bonds. The molecule has 2 unspecified atom stereocenters. The Morgan fingerprint density at radius 1 is 1.20 bits per heavy atom. The highest BCUT2D eigenvalue weighted by atomic mass is 16.3. The number of unbranched alkanes of at least 4 members (excludes halogenated alkanes) is 2. The Morgan fingerprint density at radius 2 is 1.90 bits per heavy atom. The second-order valence-corrected chi connectivity index (χ2v) is 5.16. The van der Waals surface area contributed by atoms with E-state index in [-0.39, 0.29) is 24.7 Å². The number of amides is 2. The average Bonchev–Trinajstić information content (AvgIpc) is 2.47. The smallest absolute Gasteiger partial charge is 0.315 e. The van der Waals surface area contributed by atoms with Gasteiger partial charge in [-0.05, 0) is 18.9 Å². The van der Waals surface area contributed by atoms with E-state index in [1.54, 1.807) is 6.92 Å². The summed E-state index contributed by atoms with van der Waals surface area (Å²) in [6.45, 7) is 3.88. The zero-order chi connectivity index (χ0) is 14.8. The predicted octanol–water partition coefficient (Wildman–Crippen LogP) is 2.99. The zero-order valence-corrected chi connectivity index (χ0v) is 12.4. The molecule has 4 heteroatoms. The maximum absolute atomic E-state index is 11.9. The number of carbonyl (C=O) groups is 1. The lowest BCUT2D eigenvalue weighted by Gasteiger charge is -2.21. The lowest BCUT2D eigenvalue weighted by molar-refractivity contribution is 0.217. The maximum Gasteiger partial charge on any atom is 0.315 e. The van der Waals surface area contributed by atoms with Crippen LogP contribution in [0.15, 0.2) is 30.3 Å². The highest BCUT2D eigenvalue weighted by Crippen LogP contribution is 2.19. The number of carbonyl (C=O) groups excluding carboxylic acids is 1. The molecule has 0 fully saturated rings. The van der Waals surface area contributed by atoms with Crippen molar-refractivity contribution in [3.8, 4) is 0 Å². The zero-order valence-electron chi connectivity index (χ0n) is 12.4. The van der Waals surface area contributed by atoms with Crippen LogP contribution in [0, 0.1) is 0 Å². The van der Waals surface area contributed by atoms with Gasteiger partial charge in [0.2, 0.25) is 0 Å². The summed E-state index contributed by atoms with van der Waals surface area (Å²) in [4.78, 5) is 11.9. The monoisotopic (exact) mass is 278 g/mol. The van der Waals surface area contributed by atoms with Crippen LogP contribution >= 0.6 is 0 Å². The predicted molar refractivity (Wildman–Crippen MR) is 81.5 cm³/mol.